The summed E-state index contributed by atoms with van der Waals surface area (Å²) in [4.78, 5) is 35.0. The van der Waals surface area contributed by atoms with Gasteiger partial charge in [-0.2, -0.15) is 0 Å². The Hall–Kier alpha value is -3.09. The second kappa shape index (κ2) is 7.45. The zero-order valence-corrected chi connectivity index (χ0v) is 13.6. The molecule has 0 aliphatic carbocycles. The van der Waals surface area contributed by atoms with Crippen molar-refractivity contribution in [2.45, 2.75) is 13.8 Å². The summed E-state index contributed by atoms with van der Waals surface area (Å²) in [5.74, 6) is -0.0103. The van der Waals surface area contributed by atoms with Crippen molar-refractivity contribution >= 4 is 23.5 Å². The molecule has 24 heavy (non-hydrogen) atoms. The summed E-state index contributed by atoms with van der Waals surface area (Å²) >= 11 is 0. The van der Waals surface area contributed by atoms with Crippen molar-refractivity contribution in [2.24, 2.45) is 0 Å². The standard InChI is InChI=1S/C17H18N2O5/c1-10-8-14(11(2)24-10)17(22)19-13-6-4-12(5-7-13)16(21)18-9-15(20)23-3/h4-8H,9H2,1-3H3,(H,18,21)(H,19,22). The lowest BCUT2D eigenvalue weighted by atomic mass is 10.1. The Morgan fingerprint density at radius 3 is 2.29 bits per heavy atom. The van der Waals surface area contributed by atoms with Gasteiger partial charge in [0.15, 0.2) is 0 Å². The number of hydrogen-bond acceptors (Lipinski definition) is 5. The maximum absolute atomic E-state index is 12.2. The minimum absolute atomic E-state index is 0.201. The summed E-state index contributed by atoms with van der Waals surface area (Å²) in [6.45, 7) is 3.29. The van der Waals surface area contributed by atoms with Crippen LogP contribution >= 0.6 is 0 Å². The van der Waals surface area contributed by atoms with Gasteiger partial charge in [0.2, 0.25) is 0 Å². The molecule has 126 valence electrons. The number of furan rings is 1. The van der Waals surface area contributed by atoms with Crippen LogP contribution in [0.2, 0.25) is 0 Å². The number of aryl methyl sites for hydroxylation is 2. The van der Waals surface area contributed by atoms with Gasteiger partial charge in [-0.05, 0) is 44.2 Å². The zero-order valence-electron chi connectivity index (χ0n) is 13.6. The van der Waals surface area contributed by atoms with Crippen molar-refractivity contribution < 1.29 is 23.5 Å². The summed E-state index contributed by atoms with van der Waals surface area (Å²) in [6, 6.07) is 7.98. The van der Waals surface area contributed by atoms with Gasteiger partial charge < -0.3 is 19.8 Å². The number of anilines is 1. The van der Waals surface area contributed by atoms with E-state index in [2.05, 4.69) is 15.4 Å². The Morgan fingerprint density at radius 1 is 1.08 bits per heavy atom. The molecule has 0 aliphatic rings. The molecule has 0 unspecified atom stereocenters. The van der Waals surface area contributed by atoms with Crippen LogP contribution < -0.4 is 10.6 Å². The Bertz CT molecular complexity index is 762. The van der Waals surface area contributed by atoms with E-state index in [4.69, 9.17) is 4.42 Å². The molecule has 0 spiro atoms. The lowest BCUT2D eigenvalue weighted by Crippen LogP contribution is -2.30. The molecule has 0 aliphatic heterocycles. The maximum Gasteiger partial charge on any atom is 0.325 e. The summed E-state index contributed by atoms with van der Waals surface area (Å²) in [5.41, 5.74) is 1.38. The smallest absolute Gasteiger partial charge is 0.325 e. The monoisotopic (exact) mass is 330 g/mol. The maximum atomic E-state index is 12.2. The topological polar surface area (TPSA) is 97.6 Å². The summed E-state index contributed by atoms with van der Waals surface area (Å²) in [7, 11) is 1.25. The molecule has 1 aromatic carbocycles. The number of rotatable bonds is 5. The average Bonchev–Trinajstić information content (AvgIpc) is 2.91. The van der Waals surface area contributed by atoms with E-state index in [0.717, 1.165) is 0 Å². The molecule has 0 radical (unpaired) electrons. The zero-order chi connectivity index (χ0) is 17.7. The minimum Gasteiger partial charge on any atom is -0.468 e. The van der Waals surface area contributed by atoms with Crippen molar-refractivity contribution in [3.05, 3.63) is 53.0 Å². The van der Waals surface area contributed by atoms with Crippen molar-refractivity contribution in [3.63, 3.8) is 0 Å². The van der Waals surface area contributed by atoms with Crippen molar-refractivity contribution in [1.82, 2.24) is 5.32 Å². The molecular formula is C17H18N2O5. The SMILES string of the molecule is COC(=O)CNC(=O)c1ccc(NC(=O)c2cc(C)oc2C)cc1. The molecule has 0 bridgehead atoms. The molecule has 2 aromatic rings. The molecule has 7 heteroatoms. The van der Waals surface area contributed by atoms with E-state index in [0.29, 0.717) is 28.3 Å². The van der Waals surface area contributed by atoms with Crippen LogP contribution in [0.15, 0.2) is 34.7 Å². The van der Waals surface area contributed by atoms with Crippen LogP contribution in [0.4, 0.5) is 5.69 Å². The summed E-state index contributed by atoms with van der Waals surface area (Å²) in [6.07, 6.45) is 0. The third-order valence-corrected chi connectivity index (χ3v) is 3.31. The third kappa shape index (κ3) is 4.22. The molecule has 0 fully saturated rings. The molecular weight excluding hydrogens is 312 g/mol. The van der Waals surface area contributed by atoms with Gasteiger partial charge in [-0.15, -0.1) is 0 Å². The van der Waals surface area contributed by atoms with Crippen LogP contribution in [0.3, 0.4) is 0 Å². The first kappa shape index (κ1) is 17.3. The van der Waals surface area contributed by atoms with Crippen LogP contribution in [0.1, 0.15) is 32.2 Å². The van der Waals surface area contributed by atoms with E-state index in [1.165, 1.54) is 7.11 Å². The van der Waals surface area contributed by atoms with Gasteiger partial charge in [-0.1, -0.05) is 0 Å². The van der Waals surface area contributed by atoms with E-state index in [1.807, 2.05) is 0 Å². The van der Waals surface area contributed by atoms with Crippen LogP contribution in [0, 0.1) is 13.8 Å². The van der Waals surface area contributed by atoms with Gasteiger partial charge in [0, 0.05) is 11.3 Å². The Kier molecular flexibility index (Phi) is 5.36. The first-order chi connectivity index (χ1) is 11.4. The van der Waals surface area contributed by atoms with E-state index < -0.39 is 11.9 Å². The molecule has 0 atom stereocenters. The van der Waals surface area contributed by atoms with Crippen molar-refractivity contribution in [1.29, 1.82) is 0 Å². The van der Waals surface area contributed by atoms with Crippen LogP contribution in [-0.2, 0) is 9.53 Å². The largest absolute Gasteiger partial charge is 0.468 e. The highest BCUT2D eigenvalue weighted by Crippen LogP contribution is 2.16. The fourth-order valence-corrected chi connectivity index (χ4v) is 2.09. The van der Waals surface area contributed by atoms with E-state index >= 15 is 0 Å². The summed E-state index contributed by atoms with van der Waals surface area (Å²) < 4.78 is 9.77. The highest BCUT2D eigenvalue weighted by atomic mass is 16.5. The lowest BCUT2D eigenvalue weighted by molar-refractivity contribution is -0.139. The number of nitrogens with one attached hydrogen (secondary N) is 2. The van der Waals surface area contributed by atoms with Crippen molar-refractivity contribution in [2.75, 3.05) is 19.0 Å². The van der Waals surface area contributed by atoms with E-state index in [9.17, 15) is 14.4 Å². The number of carbonyl (C=O) groups is 3. The third-order valence-electron chi connectivity index (χ3n) is 3.31. The summed E-state index contributed by atoms with van der Waals surface area (Å²) in [5, 5.41) is 5.17. The molecule has 2 rings (SSSR count). The predicted molar refractivity (Wildman–Crippen MR) is 86.9 cm³/mol. The van der Waals surface area contributed by atoms with Crippen molar-refractivity contribution in [3.8, 4) is 0 Å². The number of carbonyl (C=O) groups excluding carboxylic acids is 3. The molecule has 1 heterocycles. The van der Waals surface area contributed by atoms with Gasteiger partial charge in [-0.3, -0.25) is 14.4 Å². The second-order valence-corrected chi connectivity index (χ2v) is 5.12. The quantitative estimate of drug-likeness (QED) is 0.818. The molecule has 2 N–H and O–H groups in total. The van der Waals surface area contributed by atoms with E-state index in [-0.39, 0.29) is 12.5 Å². The number of benzene rings is 1. The second-order valence-electron chi connectivity index (χ2n) is 5.12. The molecule has 0 saturated heterocycles. The van der Waals surface area contributed by atoms with Crippen LogP contribution in [-0.4, -0.2) is 31.4 Å². The Labute approximate surface area is 139 Å². The Balaban J connectivity index is 1.99. The first-order valence-electron chi connectivity index (χ1n) is 7.24. The minimum atomic E-state index is -0.530. The van der Waals surface area contributed by atoms with Gasteiger partial charge in [0.25, 0.3) is 11.8 Å². The number of methoxy groups -OCH3 is 1. The average molecular weight is 330 g/mol. The molecule has 2 amide bonds. The highest BCUT2D eigenvalue weighted by Gasteiger charge is 2.14. The molecule has 7 nitrogen and oxygen atoms in total. The number of hydrogen-bond donors (Lipinski definition) is 2. The van der Waals surface area contributed by atoms with E-state index in [1.54, 1.807) is 44.2 Å². The van der Waals surface area contributed by atoms with Crippen LogP contribution in [0.25, 0.3) is 0 Å². The Morgan fingerprint density at radius 2 is 1.75 bits per heavy atom. The number of ether oxygens (including phenoxy) is 1. The van der Waals surface area contributed by atoms with Gasteiger partial charge in [-0.25, -0.2) is 0 Å². The van der Waals surface area contributed by atoms with Gasteiger partial charge >= 0.3 is 5.97 Å². The normalized spacial score (nSPS) is 10.1. The fourth-order valence-electron chi connectivity index (χ4n) is 2.09. The lowest BCUT2D eigenvalue weighted by Gasteiger charge is -2.07. The van der Waals surface area contributed by atoms with Crippen LogP contribution in [0.5, 0.6) is 0 Å². The first-order valence-corrected chi connectivity index (χ1v) is 7.24. The van der Waals surface area contributed by atoms with Gasteiger partial charge in [0.1, 0.15) is 18.1 Å². The number of amides is 2. The molecule has 1 aromatic heterocycles. The highest BCUT2D eigenvalue weighted by molar-refractivity contribution is 6.05. The molecule has 0 saturated carbocycles. The number of esters is 1. The fraction of sp³-hybridized carbons (Fsp3) is 0.235. The predicted octanol–water partition coefficient (Wildman–Crippen LogP) is 2.05. The van der Waals surface area contributed by atoms with Gasteiger partial charge in [0.05, 0.1) is 12.7 Å².